The molecule has 0 spiro atoms. The van der Waals surface area contributed by atoms with Crippen LogP contribution in [0, 0.1) is 5.92 Å². The van der Waals surface area contributed by atoms with E-state index >= 15 is 0 Å². The molecule has 0 aliphatic rings. The highest BCUT2D eigenvalue weighted by atomic mass is 32.2. The molecule has 0 atom stereocenters. The molecule has 6 heteroatoms. The topological polar surface area (TPSA) is 54.3 Å². The SMILES string of the molecule is CCNCc1cc(S(=O)(=O)N(CC(C)C)C(C)C)cn1C. The maximum atomic E-state index is 12.8. The van der Waals surface area contributed by atoms with Crippen molar-refractivity contribution in [2.45, 2.75) is 52.1 Å². The number of sulfonamides is 1. The largest absolute Gasteiger partial charge is 0.352 e. The van der Waals surface area contributed by atoms with E-state index in [1.54, 1.807) is 16.6 Å². The number of nitrogens with one attached hydrogen (secondary N) is 1. The quantitative estimate of drug-likeness (QED) is 0.800. The fourth-order valence-electron chi connectivity index (χ4n) is 2.23. The van der Waals surface area contributed by atoms with Gasteiger partial charge in [0.1, 0.15) is 4.90 Å². The third kappa shape index (κ3) is 4.56. The highest BCUT2D eigenvalue weighted by Crippen LogP contribution is 2.21. The average Bonchev–Trinajstić information content (AvgIpc) is 2.75. The maximum absolute atomic E-state index is 12.8. The van der Waals surface area contributed by atoms with Gasteiger partial charge in [-0.3, -0.25) is 0 Å². The molecule has 5 nitrogen and oxygen atoms in total. The fraction of sp³-hybridized carbons (Fsp3) is 0.733. The Morgan fingerprint density at radius 1 is 1.29 bits per heavy atom. The van der Waals surface area contributed by atoms with Crippen LogP contribution < -0.4 is 5.32 Å². The van der Waals surface area contributed by atoms with Gasteiger partial charge < -0.3 is 9.88 Å². The maximum Gasteiger partial charge on any atom is 0.244 e. The summed E-state index contributed by atoms with van der Waals surface area (Å²) in [5.41, 5.74) is 0.976. The molecule has 0 saturated carbocycles. The third-order valence-electron chi connectivity index (χ3n) is 3.37. The molecule has 1 rings (SSSR count). The Hall–Kier alpha value is -0.850. The molecule has 0 saturated heterocycles. The van der Waals surface area contributed by atoms with Gasteiger partial charge in [-0.2, -0.15) is 4.31 Å². The minimum Gasteiger partial charge on any atom is -0.352 e. The van der Waals surface area contributed by atoms with Gasteiger partial charge in [0.15, 0.2) is 0 Å². The Bertz CT molecular complexity index is 547. The Morgan fingerprint density at radius 2 is 1.90 bits per heavy atom. The van der Waals surface area contributed by atoms with E-state index in [2.05, 4.69) is 5.32 Å². The fourth-order valence-corrected chi connectivity index (χ4v) is 4.13. The molecule has 1 aromatic rings. The number of hydrogen-bond donors (Lipinski definition) is 1. The number of aryl methyl sites for hydroxylation is 1. The summed E-state index contributed by atoms with van der Waals surface area (Å²) in [7, 11) is -1.55. The van der Waals surface area contributed by atoms with Gasteiger partial charge >= 0.3 is 0 Å². The van der Waals surface area contributed by atoms with Crippen molar-refractivity contribution in [3.05, 3.63) is 18.0 Å². The van der Waals surface area contributed by atoms with Crippen molar-refractivity contribution in [1.82, 2.24) is 14.2 Å². The molecule has 1 aromatic heterocycles. The summed E-state index contributed by atoms with van der Waals surface area (Å²) in [5, 5.41) is 3.23. The van der Waals surface area contributed by atoms with E-state index in [0.717, 1.165) is 12.2 Å². The van der Waals surface area contributed by atoms with Crippen molar-refractivity contribution in [2.24, 2.45) is 13.0 Å². The van der Waals surface area contributed by atoms with E-state index in [1.165, 1.54) is 0 Å². The zero-order valence-electron chi connectivity index (χ0n) is 14.0. The van der Waals surface area contributed by atoms with Gasteiger partial charge in [0.05, 0.1) is 0 Å². The molecule has 1 N–H and O–H groups in total. The monoisotopic (exact) mass is 315 g/mol. The predicted octanol–water partition coefficient (Wildman–Crippen LogP) is 2.19. The van der Waals surface area contributed by atoms with Crippen LogP contribution in [0.1, 0.15) is 40.3 Å². The number of rotatable bonds is 8. The normalized spacial score (nSPS) is 12.8. The lowest BCUT2D eigenvalue weighted by molar-refractivity contribution is 0.319. The zero-order chi connectivity index (χ0) is 16.2. The van der Waals surface area contributed by atoms with E-state index in [-0.39, 0.29) is 6.04 Å². The van der Waals surface area contributed by atoms with Crippen LogP contribution in [0.15, 0.2) is 17.2 Å². The summed E-state index contributed by atoms with van der Waals surface area (Å²) in [6.45, 7) is 12.0. The van der Waals surface area contributed by atoms with Gasteiger partial charge in [-0.05, 0) is 32.4 Å². The van der Waals surface area contributed by atoms with Gasteiger partial charge in [-0.25, -0.2) is 8.42 Å². The molecule has 0 aliphatic carbocycles. The van der Waals surface area contributed by atoms with Crippen LogP contribution in [0.3, 0.4) is 0 Å². The van der Waals surface area contributed by atoms with Gasteiger partial charge in [-0.1, -0.05) is 20.8 Å². The van der Waals surface area contributed by atoms with E-state index in [0.29, 0.717) is 23.9 Å². The highest BCUT2D eigenvalue weighted by molar-refractivity contribution is 7.89. The Labute approximate surface area is 129 Å². The molecular weight excluding hydrogens is 286 g/mol. The van der Waals surface area contributed by atoms with Crippen molar-refractivity contribution in [1.29, 1.82) is 0 Å². The van der Waals surface area contributed by atoms with E-state index < -0.39 is 10.0 Å². The van der Waals surface area contributed by atoms with Gasteiger partial charge in [0.25, 0.3) is 0 Å². The molecule has 1 heterocycles. The summed E-state index contributed by atoms with van der Waals surface area (Å²) >= 11 is 0. The summed E-state index contributed by atoms with van der Waals surface area (Å²) in [4.78, 5) is 0.382. The first kappa shape index (κ1) is 18.2. The second-order valence-electron chi connectivity index (χ2n) is 6.12. The zero-order valence-corrected chi connectivity index (χ0v) is 14.9. The average molecular weight is 315 g/mol. The van der Waals surface area contributed by atoms with Gasteiger partial charge in [0.2, 0.25) is 10.0 Å². The minimum atomic E-state index is -3.44. The van der Waals surface area contributed by atoms with Crippen molar-refractivity contribution >= 4 is 10.0 Å². The minimum absolute atomic E-state index is 0.0465. The molecule has 0 unspecified atom stereocenters. The van der Waals surface area contributed by atoms with Crippen molar-refractivity contribution in [3.63, 3.8) is 0 Å². The number of aromatic nitrogens is 1. The van der Waals surface area contributed by atoms with Crippen LogP contribution in [0.4, 0.5) is 0 Å². The predicted molar refractivity (Wildman–Crippen MR) is 86.7 cm³/mol. The number of hydrogen-bond acceptors (Lipinski definition) is 3. The summed E-state index contributed by atoms with van der Waals surface area (Å²) < 4.78 is 29.1. The van der Waals surface area contributed by atoms with Gasteiger partial charge in [-0.15, -0.1) is 0 Å². The van der Waals surface area contributed by atoms with Crippen LogP contribution in [0.25, 0.3) is 0 Å². The van der Waals surface area contributed by atoms with Crippen LogP contribution in [-0.4, -0.2) is 36.4 Å². The van der Waals surface area contributed by atoms with Crippen molar-refractivity contribution in [2.75, 3.05) is 13.1 Å². The lowest BCUT2D eigenvalue weighted by Crippen LogP contribution is -2.39. The molecule has 0 aliphatic heterocycles. The molecule has 0 radical (unpaired) electrons. The Balaban J connectivity index is 3.10. The first-order chi connectivity index (χ1) is 9.70. The summed E-state index contributed by atoms with van der Waals surface area (Å²) in [6, 6.07) is 1.73. The highest BCUT2D eigenvalue weighted by Gasteiger charge is 2.28. The van der Waals surface area contributed by atoms with Crippen LogP contribution in [0.5, 0.6) is 0 Å². The molecule has 122 valence electrons. The lowest BCUT2D eigenvalue weighted by atomic mass is 10.2. The standard InChI is InChI=1S/C15H29N3O2S/c1-7-16-9-14-8-15(11-17(14)6)21(19,20)18(13(4)5)10-12(2)3/h8,11-13,16H,7,9-10H2,1-6H3. The summed E-state index contributed by atoms with van der Waals surface area (Å²) in [5.74, 6) is 0.298. The van der Waals surface area contributed by atoms with Crippen LogP contribution in [0.2, 0.25) is 0 Å². The summed E-state index contributed by atoms with van der Waals surface area (Å²) in [6.07, 6.45) is 1.71. The molecule has 0 amide bonds. The Morgan fingerprint density at radius 3 is 2.38 bits per heavy atom. The van der Waals surface area contributed by atoms with Crippen LogP contribution >= 0.6 is 0 Å². The lowest BCUT2D eigenvalue weighted by Gasteiger charge is -2.27. The Kier molecular flexibility index (Phi) is 6.43. The van der Waals surface area contributed by atoms with E-state index in [4.69, 9.17) is 0 Å². The second kappa shape index (κ2) is 7.42. The molecule has 0 bridgehead atoms. The van der Waals surface area contributed by atoms with E-state index in [1.807, 2.05) is 46.2 Å². The second-order valence-corrected chi connectivity index (χ2v) is 8.01. The van der Waals surface area contributed by atoms with Crippen molar-refractivity contribution in [3.8, 4) is 0 Å². The first-order valence-electron chi connectivity index (χ1n) is 7.57. The van der Waals surface area contributed by atoms with Crippen molar-refractivity contribution < 1.29 is 8.42 Å². The molecule has 21 heavy (non-hydrogen) atoms. The third-order valence-corrected chi connectivity index (χ3v) is 5.37. The number of nitrogens with zero attached hydrogens (tertiary/aromatic N) is 2. The molecular formula is C15H29N3O2S. The smallest absolute Gasteiger partial charge is 0.244 e. The van der Waals surface area contributed by atoms with E-state index in [9.17, 15) is 8.42 Å². The molecule has 0 fully saturated rings. The molecule has 0 aromatic carbocycles. The van der Waals surface area contributed by atoms with Gasteiger partial charge in [0, 0.05) is 38.1 Å². The van der Waals surface area contributed by atoms with Crippen LogP contribution in [-0.2, 0) is 23.6 Å². The first-order valence-corrected chi connectivity index (χ1v) is 9.01.